The standard InChI is InChI=1S/C17H28N2/c1-3-10-18-11-6-7-12-19-14-15(2)13-16-8-4-5-9-17(16)19/h4-5,8-9,15,18H,3,6-7,10-14H2,1-2H3. The Labute approximate surface area is 118 Å². The number of para-hydroxylation sites is 1. The Kier molecular flexibility index (Phi) is 5.71. The zero-order valence-electron chi connectivity index (χ0n) is 12.5. The summed E-state index contributed by atoms with van der Waals surface area (Å²) in [5.41, 5.74) is 3.01. The van der Waals surface area contributed by atoms with E-state index in [1.165, 1.54) is 56.6 Å². The Bertz CT molecular complexity index is 375. The fourth-order valence-electron chi connectivity index (χ4n) is 2.97. The van der Waals surface area contributed by atoms with Crippen LogP contribution >= 0.6 is 0 Å². The van der Waals surface area contributed by atoms with Gasteiger partial charge in [-0.15, -0.1) is 0 Å². The summed E-state index contributed by atoms with van der Waals surface area (Å²) < 4.78 is 0. The quantitative estimate of drug-likeness (QED) is 0.755. The molecule has 0 saturated carbocycles. The highest BCUT2D eigenvalue weighted by atomic mass is 15.1. The smallest absolute Gasteiger partial charge is 0.0398 e. The predicted molar refractivity (Wildman–Crippen MR) is 83.9 cm³/mol. The molecule has 1 aliphatic heterocycles. The van der Waals surface area contributed by atoms with Gasteiger partial charge in [0.2, 0.25) is 0 Å². The Morgan fingerprint density at radius 1 is 1.21 bits per heavy atom. The van der Waals surface area contributed by atoms with E-state index in [2.05, 4.69) is 48.3 Å². The number of rotatable bonds is 7. The number of hydrogen-bond donors (Lipinski definition) is 1. The van der Waals surface area contributed by atoms with Gasteiger partial charge < -0.3 is 10.2 Å². The molecule has 0 amide bonds. The third-order valence-electron chi connectivity index (χ3n) is 3.89. The molecule has 2 rings (SSSR count). The third kappa shape index (κ3) is 4.24. The van der Waals surface area contributed by atoms with Crippen LogP contribution in [0.5, 0.6) is 0 Å². The van der Waals surface area contributed by atoms with Crippen molar-refractivity contribution in [3.63, 3.8) is 0 Å². The average molecular weight is 260 g/mol. The first-order valence-corrected chi connectivity index (χ1v) is 7.85. The van der Waals surface area contributed by atoms with E-state index >= 15 is 0 Å². The summed E-state index contributed by atoms with van der Waals surface area (Å²) in [4.78, 5) is 2.59. The zero-order chi connectivity index (χ0) is 13.5. The van der Waals surface area contributed by atoms with E-state index in [1.807, 2.05) is 0 Å². The normalized spacial score (nSPS) is 18.4. The summed E-state index contributed by atoms with van der Waals surface area (Å²) in [7, 11) is 0. The van der Waals surface area contributed by atoms with Crippen LogP contribution in [0.25, 0.3) is 0 Å². The first kappa shape index (κ1) is 14.4. The molecule has 1 unspecified atom stereocenters. The molecule has 2 heteroatoms. The summed E-state index contributed by atoms with van der Waals surface area (Å²) in [6.07, 6.45) is 5.05. The molecule has 1 aliphatic rings. The first-order chi connectivity index (χ1) is 9.31. The van der Waals surface area contributed by atoms with Crippen molar-refractivity contribution in [1.29, 1.82) is 0 Å². The van der Waals surface area contributed by atoms with Gasteiger partial charge in [0.1, 0.15) is 0 Å². The lowest BCUT2D eigenvalue weighted by Gasteiger charge is -2.35. The van der Waals surface area contributed by atoms with E-state index in [0.717, 1.165) is 12.5 Å². The summed E-state index contributed by atoms with van der Waals surface area (Å²) in [5.74, 6) is 0.785. The lowest BCUT2D eigenvalue weighted by atomic mass is 9.94. The first-order valence-electron chi connectivity index (χ1n) is 7.85. The SMILES string of the molecule is CCCNCCCCN1CC(C)Cc2ccccc21. The molecular formula is C17H28N2. The fourth-order valence-corrected chi connectivity index (χ4v) is 2.97. The number of unbranched alkanes of at least 4 members (excludes halogenated alkanes) is 1. The largest absolute Gasteiger partial charge is 0.371 e. The van der Waals surface area contributed by atoms with Crippen LogP contribution in [0.4, 0.5) is 5.69 Å². The molecule has 0 saturated heterocycles. The highest BCUT2D eigenvalue weighted by molar-refractivity contribution is 5.55. The Morgan fingerprint density at radius 2 is 2.05 bits per heavy atom. The van der Waals surface area contributed by atoms with Crippen molar-refractivity contribution in [2.45, 2.75) is 39.5 Å². The van der Waals surface area contributed by atoms with Gasteiger partial charge in [0.15, 0.2) is 0 Å². The van der Waals surface area contributed by atoms with E-state index in [4.69, 9.17) is 0 Å². The highest BCUT2D eigenvalue weighted by Crippen LogP contribution is 2.29. The number of anilines is 1. The molecule has 0 bridgehead atoms. The molecule has 1 heterocycles. The van der Waals surface area contributed by atoms with Crippen molar-refractivity contribution in [1.82, 2.24) is 5.32 Å². The molecule has 0 aliphatic carbocycles. The van der Waals surface area contributed by atoms with Gasteiger partial charge in [0.05, 0.1) is 0 Å². The minimum Gasteiger partial charge on any atom is -0.371 e. The van der Waals surface area contributed by atoms with Crippen LogP contribution in [-0.4, -0.2) is 26.2 Å². The zero-order valence-corrected chi connectivity index (χ0v) is 12.5. The molecule has 0 aromatic heterocycles. The molecule has 2 nitrogen and oxygen atoms in total. The topological polar surface area (TPSA) is 15.3 Å². The number of benzene rings is 1. The van der Waals surface area contributed by atoms with Crippen LogP contribution in [0, 0.1) is 5.92 Å². The third-order valence-corrected chi connectivity index (χ3v) is 3.89. The van der Waals surface area contributed by atoms with Crippen LogP contribution in [0.2, 0.25) is 0 Å². The van der Waals surface area contributed by atoms with Gasteiger partial charge in [-0.2, -0.15) is 0 Å². The molecule has 1 N–H and O–H groups in total. The van der Waals surface area contributed by atoms with Gasteiger partial charge in [0.25, 0.3) is 0 Å². The van der Waals surface area contributed by atoms with Crippen LogP contribution in [0.3, 0.4) is 0 Å². The van der Waals surface area contributed by atoms with Crippen molar-refractivity contribution < 1.29 is 0 Å². The Morgan fingerprint density at radius 3 is 2.89 bits per heavy atom. The summed E-state index contributed by atoms with van der Waals surface area (Å²) >= 11 is 0. The molecule has 0 radical (unpaired) electrons. The van der Waals surface area contributed by atoms with E-state index in [0.29, 0.717) is 0 Å². The summed E-state index contributed by atoms with van der Waals surface area (Å²) in [5, 5.41) is 3.48. The summed E-state index contributed by atoms with van der Waals surface area (Å²) in [6.45, 7) is 9.34. The van der Waals surface area contributed by atoms with Gasteiger partial charge in [-0.3, -0.25) is 0 Å². The van der Waals surface area contributed by atoms with E-state index in [9.17, 15) is 0 Å². The maximum Gasteiger partial charge on any atom is 0.0398 e. The molecule has 0 fully saturated rings. The minimum atomic E-state index is 0.785. The lowest BCUT2D eigenvalue weighted by molar-refractivity contribution is 0.518. The van der Waals surface area contributed by atoms with E-state index in [1.54, 1.807) is 0 Å². The van der Waals surface area contributed by atoms with Crippen LogP contribution in [0.15, 0.2) is 24.3 Å². The van der Waals surface area contributed by atoms with Gasteiger partial charge in [0, 0.05) is 18.8 Å². The van der Waals surface area contributed by atoms with E-state index in [-0.39, 0.29) is 0 Å². The molecule has 19 heavy (non-hydrogen) atoms. The minimum absolute atomic E-state index is 0.785. The summed E-state index contributed by atoms with van der Waals surface area (Å²) in [6, 6.07) is 8.92. The molecule has 106 valence electrons. The predicted octanol–water partition coefficient (Wildman–Crippen LogP) is 3.47. The lowest BCUT2D eigenvalue weighted by Crippen LogP contribution is -2.35. The van der Waals surface area contributed by atoms with Crippen LogP contribution in [0.1, 0.15) is 38.7 Å². The van der Waals surface area contributed by atoms with Crippen LogP contribution in [-0.2, 0) is 6.42 Å². The average Bonchev–Trinajstić information content (AvgIpc) is 2.42. The van der Waals surface area contributed by atoms with Crippen molar-refractivity contribution in [3.8, 4) is 0 Å². The van der Waals surface area contributed by atoms with Gasteiger partial charge in [-0.05, 0) is 56.3 Å². The maximum atomic E-state index is 3.48. The molecular weight excluding hydrogens is 232 g/mol. The number of nitrogens with one attached hydrogen (secondary N) is 1. The highest BCUT2D eigenvalue weighted by Gasteiger charge is 2.20. The second-order valence-electron chi connectivity index (χ2n) is 5.84. The molecule has 1 atom stereocenters. The van der Waals surface area contributed by atoms with Crippen LogP contribution < -0.4 is 10.2 Å². The molecule has 0 spiro atoms. The van der Waals surface area contributed by atoms with Gasteiger partial charge in [-0.25, -0.2) is 0 Å². The molecule has 1 aromatic rings. The second kappa shape index (κ2) is 7.54. The molecule has 1 aromatic carbocycles. The number of hydrogen-bond acceptors (Lipinski definition) is 2. The number of fused-ring (bicyclic) bond motifs is 1. The van der Waals surface area contributed by atoms with E-state index < -0.39 is 0 Å². The Balaban J connectivity index is 1.80. The van der Waals surface area contributed by atoms with Crippen molar-refractivity contribution in [2.75, 3.05) is 31.1 Å². The maximum absolute atomic E-state index is 3.48. The van der Waals surface area contributed by atoms with Gasteiger partial charge >= 0.3 is 0 Å². The second-order valence-corrected chi connectivity index (χ2v) is 5.84. The van der Waals surface area contributed by atoms with Crippen molar-refractivity contribution in [3.05, 3.63) is 29.8 Å². The van der Waals surface area contributed by atoms with Gasteiger partial charge in [-0.1, -0.05) is 32.0 Å². The van der Waals surface area contributed by atoms with Crippen molar-refractivity contribution in [2.24, 2.45) is 5.92 Å². The number of nitrogens with zero attached hydrogens (tertiary/aromatic N) is 1. The monoisotopic (exact) mass is 260 g/mol. The fraction of sp³-hybridized carbons (Fsp3) is 0.647. The van der Waals surface area contributed by atoms with Crippen molar-refractivity contribution >= 4 is 5.69 Å². The Hall–Kier alpha value is -1.02.